The third-order valence-corrected chi connectivity index (χ3v) is 4.88. The molecule has 1 saturated heterocycles. The van der Waals surface area contributed by atoms with Gasteiger partial charge in [-0.1, -0.05) is 0 Å². The van der Waals surface area contributed by atoms with Gasteiger partial charge in [-0.15, -0.1) is 11.3 Å². The van der Waals surface area contributed by atoms with Gasteiger partial charge in [0.25, 0.3) is 5.91 Å². The number of nitrogens with one attached hydrogen (secondary N) is 2. The van der Waals surface area contributed by atoms with E-state index < -0.39 is 5.60 Å². The molecule has 0 saturated carbocycles. The highest BCUT2D eigenvalue weighted by molar-refractivity contribution is 7.13. The van der Waals surface area contributed by atoms with Crippen LogP contribution in [0.15, 0.2) is 12.1 Å². The number of thiophene rings is 1. The third-order valence-electron chi connectivity index (χ3n) is 3.89. The number of piperidine rings is 1. The van der Waals surface area contributed by atoms with Crippen molar-refractivity contribution < 1.29 is 19.1 Å². The molecular weight excluding hydrogens is 354 g/mol. The summed E-state index contributed by atoms with van der Waals surface area (Å²) in [5.41, 5.74) is -0.512. The Balaban J connectivity index is 1.69. The molecule has 2 rings (SSSR count). The van der Waals surface area contributed by atoms with Gasteiger partial charge < -0.3 is 20.3 Å². The summed E-state index contributed by atoms with van der Waals surface area (Å²) in [5.74, 6) is -0.458. The molecule has 3 amide bonds. The van der Waals surface area contributed by atoms with Crippen LogP contribution in [0.25, 0.3) is 0 Å². The summed E-state index contributed by atoms with van der Waals surface area (Å²) < 4.78 is 5.36. The zero-order chi connectivity index (χ0) is 19.3. The van der Waals surface area contributed by atoms with Crippen molar-refractivity contribution >= 4 is 29.2 Å². The molecule has 0 unspecified atom stereocenters. The summed E-state index contributed by atoms with van der Waals surface area (Å²) in [5, 5.41) is 5.54. The van der Waals surface area contributed by atoms with E-state index in [1.54, 1.807) is 11.0 Å². The number of ether oxygens (including phenoxy) is 1. The van der Waals surface area contributed by atoms with E-state index >= 15 is 0 Å². The van der Waals surface area contributed by atoms with Crippen LogP contribution in [0.4, 0.5) is 4.79 Å². The highest BCUT2D eigenvalue weighted by Gasteiger charge is 2.27. The van der Waals surface area contributed by atoms with Gasteiger partial charge in [0.1, 0.15) is 5.60 Å². The van der Waals surface area contributed by atoms with Crippen molar-refractivity contribution in [2.24, 2.45) is 0 Å². The molecule has 1 aliphatic rings. The lowest BCUT2D eigenvalue weighted by atomic mass is 10.1. The second kappa shape index (κ2) is 8.53. The van der Waals surface area contributed by atoms with E-state index in [1.165, 1.54) is 11.3 Å². The third kappa shape index (κ3) is 6.33. The number of nitrogens with zero attached hydrogens (tertiary/aromatic N) is 1. The Labute approximate surface area is 158 Å². The van der Waals surface area contributed by atoms with Gasteiger partial charge in [-0.05, 0) is 52.7 Å². The lowest BCUT2D eigenvalue weighted by Gasteiger charge is -2.33. The van der Waals surface area contributed by atoms with Gasteiger partial charge in [0, 0.05) is 24.0 Å². The summed E-state index contributed by atoms with van der Waals surface area (Å²) >= 11 is 1.40. The molecule has 8 heteroatoms. The lowest BCUT2D eigenvalue weighted by Crippen LogP contribution is -2.49. The minimum absolute atomic E-state index is 0.00192. The molecule has 0 atom stereocenters. The number of carbonyl (C=O) groups excluding carboxylic acids is 3. The summed E-state index contributed by atoms with van der Waals surface area (Å²) in [6.45, 7) is 8.47. The monoisotopic (exact) mass is 381 g/mol. The molecule has 0 aliphatic carbocycles. The zero-order valence-corrected chi connectivity index (χ0v) is 16.6. The number of aryl methyl sites for hydroxylation is 1. The number of carbonyl (C=O) groups is 3. The van der Waals surface area contributed by atoms with Crippen molar-refractivity contribution in [2.45, 2.75) is 52.2 Å². The molecule has 0 aromatic carbocycles. The van der Waals surface area contributed by atoms with Crippen LogP contribution >= 0.6 is 11.3 Å². The van der Waals surface area contributed by atoms with Crippen LogP contribution in [-0.2, 0) is 9.53 Å². The summed E-state index contributed by atoms with van der Waals surface area (Å²) in [6, 6.07) is 3.62. The summed E-state index contributed by atoms with van der Waals surface area (Å²) in [6.07, 6.45) is 1.02. The fourth-order valence-corrected chi connectivity index (χ4v) is 3.40. The minimum atomic E-state index is -0.512. The number of hydrogen-bond acceptors (Lipinski definition) is 5. The van der Waals surface area contributed by atoms with E-state index in [1.807, 2.05) is 33.8 Å². The smallest absolute Gasteiger partial charge is 0.410 e. The first-order chi connectivity index (χ1) is 12.1. The highest BCUT2D eigenvalue weighted by Crippen LogP contribution is 2.16. The maximum Gasteiger partial charge on any atom is 0.410 e. The van der Waals surface area contributed by atoms with Gasteiger partial charge in [-0.3, -0.25) is 9.59 Å². The number of likely N-dealkylation sites (tertiary alicyclic amines) is 1. The average molecular weight is 381 g/mol. The van der Waals surface area contributed by atoms with Crippen molar-refractivity contribution in [3.8, 4) is 0 Å². The molecule has 0 radical (unpaired) electrons. The highest BCUT2D eigenvalue weighted by atomic mass is 32.1. The van der Waals surface area contributed by atoms with Gasteiger partial charge >= 0.3 is 6.09 Å². The van der Waals surface area contributed by atoms with Crippen LogP contribution in [0.3, 0.4) is 0 Å². The normalized spacial score (nSPS) is 15.5. The van der Waals surface area contributed by atoms with Gasteiger partial charge in [-0.25, -0.2) is 4.79 Å². The Hall–Kier alpha value is -2.09. The summed E-state index contributed by atoms with van der Waals surface area (Å²) in [7, 11) is 0. The van der Waals surface area contributed by atoms with Crippen molar-refractivity contribution in [3.63, 3.8) is 0 Å². The van der Waals surface area contributed by atoms with Gasteiger partial charge in [0.2, 0.25) is 5.91 Å². The van der Waals surface area contributed by atoms with Crippen LogP contribution in [0, 0.1) is 6.92 Å². The molecule has 1 fully saturated rings. The van der Waals surface area contributed by atoms with Gasteiger partial charge in [0.05, 0.1) is 11.4 Å². The van der Waals surface area contributed by atoms with E-state index in [0.717, 1.165) is 4.88 Å². The Morgan fingerprint density at radius 1 is 1.23 bits per heavy atom. The second-order valence-corrected chi connectivity index (χ2v) is 8.69. The first kappa shape index (κ1) is 20.2. The van der Waals surface area contributed by atoms with E-state index in [9.17, 15) is 14.4 Å². The largest absolute Gasteiger partial charge is 0.444 e. The van der Waals surface area contributed by atoms with Crippen LogP contribution < -0.4 is 10.6 Å². The number of hydrogen-bond donors (Lipinski definition) is 2. The molecule has 26 heavy (non-hydrogen) atoms. The standard InChI is InChI=1S/C18H27N3O4S/c1-12-5-6-14(26-12)16(23)19-11-15(22)20-13-7-9-21(10-8-13)17(24)25-18(2,3)4/h5-6,13H,7-11H2,1-4H3,(H,19,23)(H,20,22). The van der Waals surface area contributed by atoms with Crippen molar-refractivity contribution in [2.75, 3.05) is 19.6 Å². The number of rotatable bonds is 4. The maximum absolute atomic E-state index is 12.0. The topological polar surface area (TPSA) is 87.7 Å². The Morgan fingerprint density at radius 2 is 1.88 bits per heavy atom. The second-order valence-electron chi connectivity index (χ2n) is 7.40. The predicted octanol–water partition coefficient (Wildman–Crippen LogP) is 2.30. The minimum Gasteiger partial charge on any atom is -0.444 e. The van der Waals surface area contributed by atoms with Crippen LogP contribution in [0.1, 0.15) is 48.2 Å². The van der Waals surface area contributed by atoms with E-state index in [4.69, 9.17) is 4.74 Å². The van der Waals surface area contributed by atoms with Crippen molar-refractivity contribution in [1.29, 1.82) is 0 Å². The fraction of sp³-hybridized carbons (Fsp3) is 0.611. The van der Waals surface area contributed by atoms with Gasteiger partial charge in [0.15, 0.2) is 0 Å². The molecule has 1 aliphatic heterocycles. The fourth-order valence-electron chi connectivity index (χ4n) is 2.62. The summed E-state index contributed by atoms with van der Waals surface area (Å²) in [4.78, 5) is 39.3. The molecule has 1 aromatic rings. The number of amides is 3. The Bertz CT molecular complexity index is 658. The quantitative estimate of drug-likeness (QED) is 0.838. The SMILES string of the molecule is Cc1ccc(C(=O)NCC(=O)NC2CCN(C(=O)OC(C)(C)C)CC2)s1. The van der Waals surface area contributed by atoms with Crippen molar-refractivity contribution in [1.82, 2.24) is 15.5 Å². The first-order valence-electron chi connectivity index (χ1n) is 8.76. The predicted molar refractivity (Wildman–Crippen MR) is 100 cm³/mol. The maximum atomic E-state index is 12.0. The molecule has 144 valence electrons. The van der Waals surface area contributed by atoms with Gasteiger partial charge in [-0.2, -0.15) is 0 Å². The first-order valence-corrected chi connectivity index (χ1v) is 9.57. The zero-order valence-electron chi connectivity index (χ0n) is 15.8. The molecular formula is C18H27N3O4S. The van der Waals surface area contributed by atoms with Crippen molar-refractivity contribution in [3.05, 3.63) is 21.9 Å². The average Bonchev–Trinajstić information content (AvgIpc) is 2.98. The molecule has 7 nitrogen and oxygen atoms in total. The Morgan fingerprint density at radius 3 is 2.42 bits per heavy atom. The van der Waals surface area contributed by atoms with Crippen LogP contribution in [-0.4, -0.2) is 54.1 Å². The Kier molecular flexibility index (Phi) is 6.63. The molecule has 2 heterocycles. The van der Waals surface area contributed by atoms with Crippen LogP contribution in [0.2, 0.25) is 0 Å². The van der Waals surface area contributed by atoms with E-state index in [0.29, 0.717) is 30.8 Å². The van der Waals surface area contributed by atoms with Crippen LogP contribution in [0.5, 0.6) is 0 Å². The lowest BCUT2D eigenvalue weighted by molar-refractivity contribution is -0.121. The molecule has 2 N–H and O–H groups in total. The van der Waals surface area contributed by atoms with E-state index in [2.05, 4.69) is 10.6 Å². The molecule has 0 bridgehead atoms. The molecule has 0 spiro atoms. The van der Waals surface area contributed by atoms with E-state index in [-0.39, 0.29) is 30.5 Å². The molecule has 1 aromatic heterocycles.